The standard InChI is InChI=1S/C15H20BrNO/c1-11-4-3-7-17(10-11)15(18)9-13-5-6-14(16)12(2)8-13/h5-6,8,11H,3-4,7,9-10H2,1-2H3. The van der Waals surface area contributed by atoms with Gasteiger partial charge in [-0.15, -0.1) is 0 Å². The zero-order chi connectivity index (χ0) is 13.1. The van der Waals surface area contributed by atoms with Gasteiger partial charge in [0.05, 0.1) is 6.42 Å². The molecule has 1 aromatic carbocycles. The summed E-state index contributed by atoms with van der Waals surface area (Å²) in [6, 6.07) is 6.15. The lowest BCUT2D eigenvalue weighted by molar-refractivity contribution is -0.132. The molecule has 1 heterocycles. The number of rotatable bonds is 2. The van der Waals surface area contributed by atoms with Crippen LogP contribution in [0.1, 0.15) is 30.9 Å². The maximum atomic E-state index is 12.2. The van der Waals surface area contributed by atoms with Crippen LogP contribution in [0.3, 0.4) is 0 Å². The van der Waals surface area contributed by atoms with Crippen molar-refractivity contribution in [1.82, 2.24) is 4.90 Å². The molecule has 0 saturated carbocycles. The summed E-state index contributed by atoms with van der Waals surface area (Å²) in [6.07, 6.45) is 2.92. The van der Waals surface area contributed by atoms with Crippen molar-refractivity contribution in [3.05, 3.63) is 33.8 Å². The van der Waals surface area contributed by atoms with Crippen LogP contribution in [0.5, 0.6) is 0 Å². The van der Waals surface area contributed by atoms with E-state index < -0.39 is 0 Å². The summed E-state index contributed by atoms with van der Waals surface area (Å²) in [5.41, 5.74) is 2.30. The Labute approximate surface area is 117 Å². The molecule has 3 heteroatoms. The van der Waals surface area contributed by atoms with Crippen LogP contribution in [-0.4, -0.2) is 23.9 Å². The average Bonchev–Trinajstić information content (AvgIpc) is 2.34. The third kappa shape index (κ3) is 3.35. The minimum Gasteiger partial charge on any atom is -0.342 e. The van der Waals surface area contributed by atoms with Crippen molar-refractivity contribution in [2.75, 3.05) is 13.1 Å². The predicted molar refractivity (Wildman–Crippen MR) is 77.6 cm³/mol. The van der Waals surface area contributed by atoms with Crippen molar-refractivity contribution < 1.29 is 4.79 Å². The molecular weight excluding hydrogens is 290 g/mol. The predicted octanol–water partition coefficient (Wildman–Crippen LogP) is 3.56. The number of nitrogens with zero attached hydrogens (tertiary/aromatic N) is 1. The van der Waals surface area contributed by atoms with E-state index in [0.717, 1.165) is 29.5 Å². The van der Waals surface area contributed by atoms with Crippen molar-refractivity contribution >= 4 is 21.8 Å². The van der Waals surface area contributed by atoms with Gasteiger partial charge in [-0.05, 0) is 42.9 Å². The van der Waals surface area contributed by atoms with E-state index in [1.807, 2.05) is 17.0 Å². The molecule has 2 rings (SSSR count). The Kier molecular flexibility index (Phi) is 4.44. The van der Waals surface area contributed by atoms with Crippen molar-refractivity contribution in [2.45, 2.75) is 33.1 Å². The molecule has 0 radical (unpaired) electrons. The number of aryl methyl sites for hydroxylation is 1. The van der Waals surface area contributed by atoms with Crippen LogP contribution in [0.2, 0.25) is 0 Å². The van der Waals surface area contributed by atoms with Crippen LogP contribution in [0.25, 0.3) is 0 Å². The lowest BCUT2D eigenvalue weighted by Crippen LogP contribution is -2.39. The highest BCUT2D eigenvalue weighted by Crippen LogP contribution is 2.19. The summed E-state index contributed by atoms with van der Waals surface area (Å²) in [5.74, 6) is 0.914. The topological polar surface area (TPSA) is 20.3 Å². The molecule has 1 atom stereocenters. The number of hydrogen-bond acceptors (Lipinski definition) is 1. The van der Waals surface area contributed by atoms with Crippen molar-refractivity contribution in [3.8, 4) is 0 Å². The quantitative estimate of drug-likeness (QED) is 0.818. The maximum Gasteiger partial charge on any atom is 0.226 e. The van der Waals surface area contributed by atoms with Gasteiger partial charge in [-0.2, -0.15) is 0 Å². The molecule has 1 saturated heterocycles. The van der Waals surface area contributed by atoms with Gasteiger partial charge in [0, 0.05) is 17.6 Å². The van der Waals surface area contributed by atoms with E-state index >= 15 is 0 Å². The second-order valence-electron chi connectivity index (χ2n) is 5.35. The number of halogens is 1. The molecule has 1 aromatic rings. The van der Waals surface area contributed by atoms with Gasteiger partial charge in [0.15, 0.2) is 0 Å². The third-order valence-electron chi connectivity index (χ3n) is 3.59. The Hall–Kier alpha value is -0.830. The highest BCUT2D eigenvalue weighted by atomic mass is 79.9. The normalized spacial score (nSPS) is 19.9. The van der Waals surface area contributed by atoms with Gasteiger partial charge in [-0.1, -0.05) is 35.0 Å². The largest absolute Gasteiger partial charge is 0.342 e. The molecule has 1 aliphatic heterocycles. The van der Waals surface area contributed by atoms with Crippen LogP contribution in [0.4, 0.5) is 0 Å². The van der Waals surface area contributed by atoms with Gasteiger partial charge in [0.1, 0.15) is 0 Å². The number of hydrogen-bond donors (Lipinski definition) is 0. The van der Waals surface area contributed by atoms with Crippen LogP contribution in [0.15, 0.2) is 22.7 Å². The molecule has 0 spiro atoms. The number of benzene rings is 1. The Morgan fingerprint density at radius 3 is 2.94 bits per heavy atom. The van der Waals surface area contributed by atoms with Gasteiger partial charge in [-0.25, -0.2) is 0 Å². The monoisotopic (exact) mass is 309 g/mol. The Morgan fingerprint density at radius 1 is 1.50 bits per heavy atom. The number of carbonyl (C=O) groups is 1. The molecular formula is C15H20BrNO. The molecule has 0 aromatic heterocycles. The molecule has 2 nitrogen and oxygen atoms in total. The number of piperidine rings is 1. The van der Waals surface area contributed by atoms with Crippen LogP contribution in [-0.2, 0) is 11.2 Å². The number of likely N-dealkylation sites (tertiary alicyclic amines) is 1. The summed E-state index contributed by atoms with van der Waals surface area (Å²) in [4.78, 5) is 14.2. The van der Waals surface area contributed by atoms with Crippen molar-refractivity contribution in [1.29, 1.82) is 0 Å². The van der Waals surface area contributed by atoms with Crippen LogP contribution in [0, 0.1) is 12.8 Å². The number of carbonyl (C=O) groups excluding carboxylic acids is 1. The first-order chi connectivity index (χ1) is 8.56. The number of amides is 1. The summed E-state index contributed by atoms with van der Waals surface area (Å²) in [5, 5.41) is 0. The second kappa shape index (κ2) is 5.87. The molecule has 1 fully saturated rings. The molecule has 1 unspecified atom stereocenters. The van der Waals surface area contributed by atoms with Gasteiger partial charge < -0.3 is 4.90 Å². The zero-order valence-electron chi connectivity index (χ0n) is 11.1. The summed E-state index contributed by atoms with van der Waals surface area (Å²) < 4.78 is 1.10. The lowest BCUT2D eigenvalue weighted by atomic mass is 9.99. The highest BCUT2D eigenvalue weighted by molar-refractivity contribution is 9.10. The van der Waals surface area contributed by atoms with Crippen LogP contribution < -0.4 is 0 Å². The van der Waals surface area contributed by atoms with Gasteiger partial charge in [0.2, 0.25) is 5.91 Å². The molecule has 98 valence electrons. The first kappa shape index (κ1) is 13.6. The summed E-state index contributed by atoms with van der Waals surface area (Å²) in [7, 11) is 0. The van der Waals surface area contributed by atoms with Crippen molar-refractivity contribution in [2.24, 2.45) is 5.92 Å². The van der Waals surface area contributed by atoms with E-state index in [2.05, 4.69) is 35.8 Å². The average molecular weight is 310 g/mol. The van der Waals surface area contributed by atoms with E-state index in [1.165, 1.54) is 12.0 Å². The van der Waals surface area contributed by atoms with E-state index in [9.17, 15) is 4.79 Å². The van der Waals surface area contributed by atoms with Gasteiger partial charge in [-0.3, -0.25) is 4.79 Å². The third-order valence-corrected chi connectivity index (χ3v) is 4.48. The Balaban J connectivity index is 2.00. The first-order valence-electron chi connectivity index (χ1n) is 6.59. The fourth-order valence-electron chi connectivity index (χ4n) is 2.52. The molecule has 0 aliphatic carbocycles. The minimum absolute atomic E-state index is 0.267. The lowest BCUT2D eigenvalue weighted by Gasteiger charge is -2.31. The van der Waals surface area contributed by atoms with E-state index in [4.69, 9.17) is 0 Å². The smallest absolute Gasteiger partial charge is 0.226 e. The highest BCUT2D eigenvalue weighted by Gasteiger charge is 2.20. The van der Waals surface area contributed by atoms with Gasteiger partial charge in [0.25, 0.3) is 0 Å². The van der Waals surface area contributed by atoms with Crippen LogP contribution >= 0.6 is 15.9 Å². The summed E-state index contributed by atoms with van der Waals surface area (Å²) >= 11 is 3.48. The Bertz CT molecular complexity index is 444. The SMILES string of the molecule is Cc1cc(CC(=O)N2CCCC(C)C2)ccc1Br. The summed E-state index contributed by atoms with van der Waals surface area (Å²) in [6.45, 7) is 6.14. The second-order valence-corrected chi connectivity index (χ2v) is 6.20. The maximum absolute atomic E-state index is 12.2. The molecule has 1 amide bonds. The Morgan fingerprint density at radius 2 is 2.28 bits per heavy atom. The molecule has 1 aliphatic rings. The first-order valence-corrected chi connectivity index (χ1v) is 7.38. The van der Waals surface area contributed by atoms with Gasteiger partial charge >= 0.3 is 0 Å². The van der Waals surface area contributed by atoms with Crippen molar-refractivity contribution in [3.63, 3.8) is 0 Å². The van der Waals surface area contributed by atoms with E-state index in [1.54, 1.807) is 0 Å². The van der Waals surface area contributed by atoms with E-state index in [-0.39, 0.29) is 5.91 Å². The fraction of sp³-hybridized carbons (Fsp3) is 0.533. The molecule has 18 heavy (non-hydrogen) atoms. The molecule has 0 N–H and O–H groups in total. The van der Waals surface area contributed by atoms with E-state index in [0.29, 0.717) is 12.3 Å². The fourth-order valence-corrected chi connectivity index (χ4v) is 2.77. The minimum atomic E-state index is 0.267. The molecule has 0 bridgehead atoms. The zero-order valence-corrected chi connectivity index (χ0v) is 12.7.